The number of Topliss-reactive ketones (excluding diaryl/α,β-unsaturated/α-hetero) is 1. The van der Waals surface area contributed by atoms with Crippen LogP contribution >= 0.6 is 0 Å². The molecule has 31 heavy (non-hydrogen) atoms. The first-order valence-electron chi connectivity index (χ1n) is 10.2. The van der Waals surface area contributed by atoms with Gasteiger partial charge in [-0.05, 0) is 43.0 Å². The number of aromatic nitrogens is 2. The van der Waals surface area contributed by atoms with Crippen LogP contribution in [0.4, 0.5) is 4.39 Å². The van der Waals surface area contributed by atoms with Crippen molar-refractivity contribution >= 4 is 17.0 Å². The minimum absolute atomic E-state index is 0.0438. The van der Waals surface area contributed by atoms with Crippen LogP contribution in [0, 0.1) is 17.1 Å². The Morgan fingerprint density at radius 1 is 1.06 bits per heavy atom. The van der Waals surface area contributed by atoms with E-state index in [1.54, 1.807) is 6.07 Å². The molecule has 0 N–H and O–H groups in total. The quantitative estimate of drug-likeness (QED) is 0.266. The number of nitrogens with zero attached hydrogens (tertiary/aromatic N) is 3. The summed E-state index contributed by atoms with van der Waals surface area (Å²) in [4.78, 5) is 20.9. The highest BCUT2D eigenvalue weighted by atomic mass is 19.1. The van der Waals surface area contributed by atoms with Crippen LogP contribution in [0.15, 0.2) is 65.2 Å². The molecule has 154 valence electrons. The molecule has 0 atom stereocenters. The maximum Gasteiger partial charge on any atom is 0.265 e. The summed E-state index contributed by atoms with van der Waals surface area (Å²) in [6.45, 7) is 0. The topological polar surface area (TPSA) is 79.8 Å². The largest absolute Gasteiger partial charge is 0.432 e. The molecule has 0 radical (unpaired) electrons. The predicted octanol–water partition coefficient (Wildman–Crippen LogP) is 5.89. The first kappa shape index (κ1) is 20.4. The van der Waals surface area contributed by atoms with Gasteiger partial charge in [-0.15, -0.1) is 0 Å². The van der Waals surface area contributed by atoms with E-state index in [-0.39, 0.29) is 17.2 Å². The molecule has 0 aliphatic heterocycles. The van der Waals surface area contributed by atoms with Gasteiger partial charge < -0.3 is 4.42 Å². The molecule has 5 nitrogen and oxygen atoms in total. The molecule has 0 bridgehead atoms. The van der Waals surface area contributed by atoms with E-state index in [1.165, 1.54) is 30.0 Å². The Morgan fingerprint density at radius 2 is 1.90 bits per heavy atom. The molecular formula is C25H20FN3O2. The first-order chi connectivity index (χ1) is 15.1. The van der Waals surface area contributed by atoms with Crippen molar-refractivity contribution in [2.24, 2.45) is 0 Å². The van der Waals surface area contributed by atoms with Crippen molar-refractivity contribution in [3.63, 3.8) is 0 Å². The second-order valence-electron chi connectivity index (χ2n) is 7.34. The molecule has 0 amide bonds. The van der Waals surface area contributed by atoms with Gasteiger partial charge in [-0.3, -0.25) is 4.79 Å². The Labute approximate surface area is 179 Å². The van der Waals surface area contributed by atoms with Gasteiger partial charge in [0, 0.05) is 23.7 Å². The summed E-state index contributed by atoms with van der Waals surface area (Å²) in [7, 11) is 0. The lowest BCUT2D eigenvalue weighted by molar-refractivity contribution is 0.0947. The summed E-state index contributed by atoms with van der Waals surface area (Å²) >= 11 is 0. The highest BCUT2D eigenvalue weighted by Crippen LogP contribution is 2.27. The number of hydrogen-bond donors (Lipinski definition) is 0. The normalized spacial score (nSPS) is 10.8. The number of aryl methyl sites for hydroxylation is 1. The van der Waals surface area contributed by atoms with Crippen LogP contribution in [-0.2, 0) is 6.42 Å². The number of carbonyl (C=O) groups excluding carboxylic acids is 1. The highest BCUT2D eigenvalue weighted by Gasteiger charge is 2.16. The van der Waals surface area contributed by atoms with E-state index in [9.17, 15) is 14.4 Å². The number of nitriles is 1. The van der Waals surface area contributed by atoms with Crippen LogP contribution in [0.25, 0.3) is 22.4 Å². The minimum atomic E-state index is -0.481. The van der Waals surface area contributed by atoms with Crippen molar-refractivity contribution < 1.29 is 13.6 Å². The summed E-state index contributed by atoms with van der Waals surface area (Å²) in [5, 5.41) is 9.26. The fourth-order valence-corrected chi connectivity index (χ4v) is 3.49. The molecule has 0 aliphatic carbocycles. The molecule has 0 saturated carbocycles. The third kappa shape index (κ3) is 4.84. The molecule has 2 heterocycles. The van der Waals surface area contributed by atoms with Gasteiger partial charge in [0.15, 0.2) is 11.2 Å². The maximum absolute atomic E-state index is 13.4. The third-order valence-electron chi connectivity index (χ3n) is 5.11. The Kier molecular flexibility index (Phi) is 6.13. The van der Waals surface area contributed by atoms with E-state index < -0.39 is 5.82 Å². The molecule has 2 aromatic carbocycles. The Balaban J connectivity index is 1.40. The van der Waals surface area contributed by atoms with Gasteiger partial charge in [0.25, 0.3) is 5.89 Å². The zero-order chi connectivity index (χ0) is 21.6. The first-order valence-corrected chi connectivity index (χ1v) is 10.2. The van der Waals surface area contributed by atoms with Crippen molar-refractivity contribution in [2.75, 3.05) is 0 Å². The summed E-state index contributed by atoms with van der Waals surface area (Å²) in [6, 6.07) is 17.9. The van der Waals surface area contributed by atoms with Crippen LogP contribution in [0.1, 0.15) is 47.5 Å². The van der Waals surface area contributed by atoms with E-state index in [1.807, 2.05) is 24.3 Å². The summed E-state index contributed by atoms with van der Waals surface area (Å²) in [5.41, 5.74) is 3.33. The van der Waals surface area contributed by atoms with Crippen molar-refractivity contribution in [3.8, 4) is 17.2 Å². The Hall–Kier alpha value is -3.85. The van der Waals surface area contributed by atoms with Crippen LogP contribution in [0.5, 0.6) is 0 Å². The molecule has 0 unspecified atom stereocenters. The van der Waals surface area contributed by atoms with E-state index in [0.29, 0.717) is 28.8 Å². The smallest absolute Gasteiger partial charge is 0.265 e. The van der Waals surface area contributed by atoms with Gasteiger partial charge in [-0.25, -0.2) is 9.37 Å². The fourth-order valence-electron chi connectivity index (χ4n) is 3.49. The number of ketones is 1. The van der Waals surface area contributed by atoms with Gasteiger partial charge in [0.2, 0.25) is 5.78 Å². The highest BCUT2D eigenvalue weighted by molar-refractivity contribution is 5.94. The predicted molar refractivity (Wildman–Crippen MR) is 115 cm³/mol. The number of carbonyl (C=O) groups is 1. The SMILES string of the molecule is N#Cc1cc(F)ccc1-c1cnc2nc(C(=O)CCCCCc3ccccc3)oc2c1. The van der Waals surface area contributed by atoms with Crippen LogP contribution in [-0.4, -0.2) is 15.8 Å². The molecule has 4 rings (SSSR count). The van der Waals surface area contributed by atoms with Crippen LogP contribution in [0.2, 0.25) is 0 Å². The van der Waals surface area contributed by atoms with Gasteiger partial charge >= 0.3 is 0 Å². The molecule has 4 aromatic rings. The number of benzene rings is 2. The molecule has 0 fully saturated rings. The molecule has 0 aliphatic rings. The number of unbranched alkanes of at least 4 members (excludes halogenated alkanes) is 2. The number of fused-ring (bicyclic) bond motifs is 1. The van der Waals surface area contributed by atoms with E-state index in [0.717, 1.165) is 25.7 Å². The molecule has 6 heteroatoms. The van der Waals surface area contributed by atoms with Crippen LogP contribution < -0.4 is 0 Å². The second-order valence-corrected chi connectivity index (χ2v) is 7.34. The number of rotatable bonds is 8. The van der Waals surface area contributed by atoms with Crippen LogP contribution in [0.3, 0.4) is 0 Å². The zero-order valence-corrected chi connectivity index (χ0v) is 16.8. The molecule has 0 saturated heterocycles. The van der Waals surface area contributed by atoms with Gasteiger partial charge in [0.1, 0.15) is 5.82 Å². The van der Waals surface area contributed by atoms with Crippen molar-refractivity contribution in [2.45, 2.75) is 32.1 Å². The summed E-state index contributed by atoms with van der Waals surface area (Å²) < 4.78 is 19.0. The Morgan fingerprint density at radius 3 is 2.71 bits per heavy atom. The number of hydrogen-bond acceptors (Lipinski definition) is 5. The van der Waals surface area contributed by atoms with Gasteiger partial charge in [-0.2, -0.15) is 10.2 Å². The lowest BCUT2D eigenvalue weighted by atomic mass is 10.0. The summed E-state index contributed by atoms with van der Waals surface area (Å²) in [5.74, 6) is -0.591. The molecule has 0 spiro atoms. The molecule has 2 aromatic heterocycles. The van der Waals surface area contributed by atoms with Crippen molar-refractivity contribution in [1.82, 2.24) is 9.97 Å². The van der Waals surface area contributed by atoms with Gasteiger partial charge in [-0.1, -0.05) is 42.8 Å². The average molecular weight is 413 g/mol. The number of oxazole rings is 1. The monoisotopic (exact) mass is 413 g/mol. The van der Waals surface area contributed by atoms with Crippen molar-refractivity contribution in [1.29, 1.82) is 5.26 Å². The lowest BCUT2D eigenvalue weighted by Gasteiger charge is -2.03. The summed E-state index contributed by atoms with van der Waals surface area (Å²) in [6.07, 6.45) is 5.64. The minimum Gasteiger partial charge on any atom is -0.432 e. The van der Waals surface area contributed by atoms with Gasteiger partial charge in [0.05, 0.1) is 11.6 Å². The molecular weight excluding hydrogens is 393 g/mol. The maximum atomic E-state index is 13.4. The third-order valence-corrected chi connectivity index (χ3v) is 5.11. The number of pyridine rings is 1. The van der Waals surface area contributed by atoms with E-state index in [4.69, 9.17) is 4.42 Å². The lowest BCUT2D eigenvalue weighted by Crippen LogP contribution is -1.99. The zero-order valence-electron chi connectivity index (χ0n) is 16.8. The Bertz CT molecular complexity index is 1260. The average Bonchev–Trinajstić information content (AvgIpc) is 3.23. The standard InChI is InChI=1S/C25H20FN3O2/c26-20-11-12-21(18(13-20)15-27)19-14-23-24(28-16-19)29-25(31-23)22(30)10-6-2-5-9-17-7-3-1-4-8-17/h1,3-4,7-8,11-14,16H,2,5-6,9-10H2. The van der Waals surface area contributed by atoms with E-state index >= 15 is 0 Å². The van der Waals surface area contributed by atoms with E-state index in [2.05, 4.69) is 22.1 Å². The van der Waals surface area contributed by atoms with Crippen molar-refractivity contribution in [3.05, 3.63) is 83.6 Å². The number of halogens is 1. The fraction of sp³-hybridized carbons (Fsp3) is 0.200. The second kappa shape index (κ2) is 9.31.